The summed E-state index contributed by atoms with van der Waals surface area (Å²) in [5.41, 5.74) is -2.25. The molecule has 0 atom stereocenters. The SMILES string of the molecule is O=c1cc(O)n(CC(F)(F)F)c(=O)[nH]1. The van der Waals surface area contributed by atoms with E-state index in [0.717, 1.165) is 0 Å². The number of nitrogens with one attached hydrogen (secondary N) is 1. The molecule has 14 heavy (non-hydrogen) atoms. The number of nitrogens with zero attached hydrogens (tertiary/aromatic N) is 1. The molecule has 2 N–H and O–H groups in total. The monoisotopic (exact) mass is 210 g/mol. The number of halogens is 3. The van der Waals surface area contributed by atoms with Crippen molar-refractivity contribution in [1.29, 1.82) is 0 Å². The van der Waals surface area contributed by atoms with Crippen molar-refractivity contribution >= 4 is 0 Å². The quantitative estimate of drug-likeness (QED) is 0.674. The summed E-state index contributed by atoms with van der Waals surface area (Å²) in [5, 5.41) is 8.88. The van der Waals surface area contributed by atoms with E-state index >= 15 is 0 Å². The fourth-order valence-electron chi connectivity index (χ4n) is 0.840. The maximum Gasteiger partial charge on any atom is 0.406 e. The summed E-state index contributed by atoms with van der Waals surface area (Å²) in [6.45, 7) is -1.64. The van der Waals surface area contributed by atoms with E-state index in [1.807, 2.05) is 0 Å². The van der Waals surface area contributed by atoms with Crippen LogP contribution in [0.2, 0.25) is 0 Å². The molecular formula is C6H5F3N2O3. The molecule has 0 aliphatic carbocycles. The van der Waals surface area contributed by atoms with Gasteiger partial charge < -0.3 is 5.11 Å². The zero-order chi connectivity index (χ0) is 10.9. The Morgan fingerprint density at radius 1 is 1.43 bits per heavy atom. The predicted molar refractivity (Wildman–Crippen MR) is 39.0 cm³/mol. The molecule has 1 aromatic heterocycles. The number of hydrogen-bond acceptors (Lipinski definition) is 3. The summed E-state index contributed by atoms with van der Waals surface area (Å²) in [7, 11) is 0. The Bertz CT molecular complexity index is 445. The number of alkyl halides is 3. The summed E-state index contributed by atoms with van der Waals surface area (Å²) >= 11 is 0. The van der Waals surface area contributed by atoms with Gasteiger partial charge in [0.05, 0.1) is 6.07 Å². The lowest BCUT2D eigenvalue weighted by molar-refractivity contribution is -0.142. The van der Waals surface area contributed by atoms with Gasteiger partial charge in [-0.3, -0.25) is 14.3 Å². The van der Waals surface area contributed by atoms with E-state index in [2.05, 4.69) is 0 Å². The lowest BCUT2D eigenvalue weighted by Gasteiger charge is -2.09. The van der Waals surface area contributed by atoms with Crippen molar-refractivity contribution in [3.05, 3.63) is 26.9 Å². The van der Waals surface area contributed by atoms with E-state index in [-0.39, 0.29) is 4.57 Å². The Morgan fingerprint density at radius 2 is 2.00 bits per heavy atom. The number of aromatic hydroxyl groups is 1. The molecule has 0 saturated carbocycles. The van der Waals surface area contributed by atoms with Crippen molar-refractivity contribution in [2.75, 3.05) is 0 Å². The van der Waals surface area contributed by atoms with Gasteiger partial charge in [-0.15, -0.1) is 0 Å². The predicted octanol–water partition coefficient (Wildman–Crippen LogP) is -0.195. The fraction of sp³-hybridized carbons (Fsp3) is 0.333. The molecule has 8 heteroatoms. The lowest BCUT2D eigenvalue weighted by Crippen LogP contribution is -2.33. The molecule has 0 saturated heterocycles. The van der Waals surface area contributed by atoms with Crippen LogP contribution in [0.1, 0.15) is 0 Å². The highest BCUT2D eigenvalue weighted by molar-refractivity contribution is 5.05. The van der Waals surface area contributed by atoms with Crippen LogP contribution in [0, 0.1) is 0 Å². The minimum Gasteiger partial charge on any atom is -0.494 e. The highest BCUT2D eigenvalue weighted by Crippen LogP contribution is 2.18. The van der Waals surface area contributed by atoms with E-state index in [1.165, 1.54) is 0 Å². The summed E-state index contributed by atoms with van der Waals surface area (Å²) in [4.78, 5) is 22.9. The average molecular weight is 210 g/mol. The standard InChI is InChI=1S/C6H5F3N2O3/c7-6(8,9)2-11-4(13)1-3(12)10-5(11)14/h1,13H,2H2,(H,10,12,14). The lowest BCUT2D eigenvalue weighted by atomic mass is 10.5. The third-order valence-corrected chi connectivity index (χ3v) is 1.35. The third-order valence-electron chi connectivity index (χ3n) is 1.35. The molecule has 78 valence electrons. The second kappa shape index (κ2) is 3.20. The maximum atomic E-state index is 11.8. The average Bonchev–Trinajstić information content (AvgIpc) is 1.95. The van der Waals surface area contributed by atoms with Crippen molar-refractivity contribution in [1.82, 2.24) is 9.55 Å². The van der Waals surface area contributed by atoms with Gasteiger partial charge in [0.1, 0.15) is 6.54 Å². The Labute approximate surface area is 74.4 Å². The van der Waals surface area contributed by atoms with Crippen molar-refractivity contribution in [2.24, 2.45) is 0 Å². The van der Waals surface area contributed by atoms with Crippen LogP contribution in [0.15, 0.2) is 15.7 Å². The second-order valence-corrected chi connectivity index (χ2v) is 2.50. The van der Waals surface area contributed by atoms with Crippen LogP contribution >= 0.6 is 0 Å². The number of rotatable bonds is 1. The topological polar surface area (TPSA) is 75.1 Å². The maximum absolute atomic E-state index is 11.8. The fourth-order valence-corrected chi connectivity index (χ4v) is 0.840. The summed E-state index contributed by atoms with van der Waals surface area (Å²) in [5.74, 6) is -1.02. The molecule has 5 nitrogen and oxygen atoms in total. The second-order valence-electron chi connectivity index (χ2n) is 2.50. The molecular weight excluding hydrogens is 205 g/mol. The first-order valence-electron chi connectivity index (χ1n) is 3.39. The summed E-state index contributed by atoms with van der Waals surface area (Å²) in [6.07, 6.45) is -4.64. The van der Waals surface area contributed by atoms with Gasteiger partial charge in [-0.2, -0.15) is 13.2 Å². The molecule has 0 spiro atoms. The number of H-pyrrole nitrogens is 1. The highest BCUT2D eigenvalue weighted by Gasteiger charge is 2.29. The van der Waals surface area contributed by atoms with Crippen molar-refractivity contribution in [2.45, 2.75) is 12.7 Å². The molecule has 0 bridgehead atoms. The zero-order valence-electron chi connectivity index (χ0n) is 6.63. The van der Waals surface area contributed by atoms with E-state index in [0.29, 0.717) is 6.07 Å². The van der Waals surface area contributed by atoms with Crippen molar-refractivity contribution in [3.8, 4) is 5.88 Å². The smallest absolute Gasteiger partial charge is 0.406 e. The van der Waals surface area contributed by atoms with Crippen LogP contribution in [0.5, 0.6) is 5.88 Å². The van der Waals surface area contributed by atoms with Crippen LogP contribution in [0.4, 0.5) is 13.2 Å². The van der Waals surface area contributed by atoms with E-state index in [1.54, 1.807) is 4.98 Å². The Balaban J connectivity index is 3.23. The van der Waals surface area contributed by atoms with E-state index in [4.69, 9.17) is 5.11 Å². The van der Waals surface area contributed by atoms with Gasteiger partial charge in [0.15, 0.2) is 0 Å². The Morgan fingerprint density at radius 3 is 2.43 bits per heavy atom. The first-order valence-corrected chi connectivity index (χ1v) is 3.39. The minimum atomic E-state index is -4.64. The van der Waals surface area contributed by atoms with Gasteiger partial charge in [-0.1, -0.05) is 0 Å². The van der Waals surface area contributed by atoms with Crippen molar-refractivity contribution < 1.29 is 18.3 Å². The van der Waals surface area contributed by atoms with Gasteiger partial charge in [0.2, 0.25) is 5.88 Å². The van der Waals surface area contributed by atoms with Gasteiger partial charge in [0.25, 0.3) is 5.56 Å². The van der Waals surface area contributed by atoms with E-state index in [9.17, 15) is 22.8 Å². The molecule has 0 aromatic carbocycles. The van der Waals surface area contributed by atoms with E-state index < -0.39 is 29.9 Å². The third kappa shape index (κ3) is 2.38. The molecule has 0 amide bonds. The number of aromatic amines is 1. The molecule has 0 radical (unpaired) electrons. The molecule has 0 aliphatic heterocycles. The molecule has 0 fully saturated rings. The van der Waals surface area contributed by atoms with Gasteiger partial charge >= 0.3 is 11.9 Å². The number of aromatic nitrogens is 2. The zero-order valence-corrected chi connectivity index (χ0v) is 6.63. The van der Waals surface area contributed by atoms with Crippen LogP contribution < -0.4 is 11.2 Å². The first kappa shape index (κ1) is 10.4. The Kier molecular flexibility index (Phi) is 2.37. The molecule has 1 aromatic rings. The summed E-state index contributed by atoms with van der Waals surface area (Å²) in [6, 6.07) is 0.493. The van der Waals surface area contributed by atoms with Crippen molar-refractivity contribution in [3.63, 3.8) is 0 Å². The molecule has 1 heterocycles. The molecule has 0 aliphatic rings. The van der Waals surface area contributed by atoms with Crippen LogP contribution in [0.25, 0.3) is 0 Å². The molecule has 0 unspecified atom stereocenters. The molecule has 1 rings (SSSR count). The van der Waals surface area contributed by atoms with Gasteiger partial charge in [-0.25, -0.2) is 4.79 Å². The first-order chi connectivity index (χ1) is 6.29. The Hall–Kier alpha value is -1.73. The number of hydrogen-bond donors (Lipinski definition) is 2. The van der Waals surface area contributed by atoms with Gasteiger partial charge in [0, 0.05) is 0 Å². The summed E-state index contributed by atoms with van der Waals surface area (Å²) < 4.78 is 35.5. The van der Waals surface area contributed by atoms with Crippen LogP contribution in [0.3, 0.4) is 0 Å². The normalized spacial score (nSPS) is 11.6. The largest absolute Gasteiger partial charge is 0.494 e. The van der Waals surface area contributed by atoms with Gasteiger partial charge in [-0.05, 0) is 0 Å². The van der Waals surface area contributed by atoms with Crippen LogP contribution in [-0.2, 0) is 6.54 Å². The van der Waals surface area contributed by atoms with Crippen LogP contribution in [-0.4, -0.2) is 20.8 Å². The highest BCUT2D eigenvalue weighted by atomic mass is 19.4. The minimum absolute atomic E-state index is 0.0153.